The van der Waals surface area contributed by atoms with E-state index in [2.05, 4.69) is 9.98 Å². The molecule has 90 valence electrons. The zero-order chi connectivity index (χ0) is 12.3. The van der Waals surface area contributed by atoms with Gasteiger partial charge < -0.3 is 14.5 Å². The number of rotatable bonds is 4. The summed E-state index contributed by atoms with van der Waals surface area (Å²) >= 11 is 6.31. The Hall–Kier alpha value is -1.40. The van der Waals surface area contributed by atoms with Gasteiger partial charge in [-0.1, -0.05) is 18.3 Å². The number of furan rings is 1. The highest BCUT2D eigenvalue weighted by atomic mass is 32.1. The Morgan fingerprint density at radius 2 is 2.47 bits per heavy atom. The van der Waals surface area contributed by atoms with Gasteiger partial charge in [-0.25, -0.2) is 0 Å². The first-order valence-electron chi connectivity index (χ1n) is 5.19. The molecule has 0 unspecified atom stereocenters. The lowest BCUT2D eigenvalue weighted by molar-refractivity contribution is 0.455. The van der Waals surface area contributed by atoms with Gasteiger partial charge in [0.2, 0.25) is 5.88 Å². The summed E-state index contributed by atoms with van der Waals surface area (Å²) in [6, 6.07) is 3.70. The molecule has 0 aromatic carbocycles. The molecule has 2 aromatic rings. The number of hydrogen-bond donors (Lipinski definition) is 2. The maximum atomic E-state index is 9.67. The normalized spacial score (nSPS) is 11.9. The van der Waals surface area contributed by atoms with Gasteiger partial charge in [-0.05, 0) is 30.8 Å². The number of H-pyrrole nitrogens is 1. The topological polar surface area (TPSA) is 61.5 Å². The van der Waals surface area contributed by atoms with Gasteiger partial charge >= 0.3 is 0 Å². The van der Waals surface area contributed by atoms with Gasteiger partial charge in [0.15, 0.2) is 3.95 Å². The molecular weight excluding hydrogens is 256 g/mol. The molecule has 0 aliphatic carbocycles. The Kier molecular flexibility index (Phi) is 3.75. The standard InChI is InChI=1S/C11H12N2O2S2/c1-2-8(9-10(14)13-11(16)17-9)12-6-7-4-3-5-15-7/h3-5,14H,2,6H2,1H3,(H,13,16). The van der Waals surface area contributed by atoms with Gasteiger partial charge in [-0.3, -0.25) is 4.99 Å². The molecule has 4 nitrogen and oxygen atoms in total. The first-order chi connectivity index (χ1) is 8.20. The zero-order valence-corrected chi connectivity index (χ0v) is 10.9. The number of nitrogens with zero attached hydrogens (tertiary/aromatic N) is 1. The summed E-state index contributed by atoms with van der Waals surface area (Å²) in [7, 11) is 0. The minimum Gasteiger partial charge on any atom is -0.493 e. The maximum absolute atomic E-state index is 9.67. The van der Waals surface area contributed by atoms with Crippen molar-refractivity contribution in [2.75, 3.05) is 0 Å². The molecule has 6 heteroatoms. The van der Waals surface area contributed by atoms with Gasteiger partial charge in [0.1, 0.15) is 10.6 Å². The molecule has 0 spiro atoms. The monoisotopic (exact) mass is 268 g/mol. The quantitative estimate of drug-likeness (QED) is 0.659. The number of aromatic amines is 1. The SMILES string of the molecule is CCC(=NCc1ccco1)c1sc(=S)[nH]c1O. The Balaban J connectivity index is 2.24. The number of nitrogens with one attached hydrogen (secondary N) is 1. The largest absolute Gasteiger partial charge is 0.493 e. The van der Waals surface area contributed by atoms with Crippen molar-refractivity contribution >= 4 is 29.3 Å². The van der Waals surface area contributed by atoms with E-state index < -0.39 is 0 Å². The van der Waals surface area contributed by atoms with Crippen LogP contribution >= 0.6 is 23.6 Å². The van der Waals surface area contributed by atoms with Crippen molar-refractivity contribution < 1.29 is 9.52 Å². The third-order valence-corrected chi connectivity index (χ3v) is 3.51. The molecule has 0 bridgehead atoms. The zero-order valence-electron chi connectivity index (χ0n) is 9.27. The number of aromatic hydroxyl groups is 1. The summed E-state index contributed by atoms with van der Waals surface area (Å²) in [6.45, 7) is 2.46. The lowest BCUT2D eigenvalue weighted by atomic mass is 10.2. The molecule has 0 saturated carbocycles. The molecule has 2 rings (SSSR count). The average molecular weight is 268 g/mol. The summed E-state index contributed by atoms with van der Waals surface area (Å²) in [4.78, 5) is 7.85. The summed E-state index contributed by atoms with van der Waals surface area (Å²) in [5.74, 6) is 0.898. The van der Waals surface area contributed by atoms with Crippen molar-refractivity contribution in [2.24, 2.45) is 4.99 Å². The fourth-order valence-corrected chi connectivity index (χ4v) is 2.59. The summed E-state index contributed by atoms with van der Waals surface area (Å²) in [5, 5.41) is 9.67. The van der Waals surface area contributed by atoms with E-state index in [1.807, 2.05) is 19.1 Å². The second kappa shape index (κ2) is 5.29. The molecule has 0 saturated heterocycles. The van der Waals surface area contributed by atoms with Gasteiger partial charge in [-0.2, -0.15) is 0 Å². The van der Waals surface area contributed by atoms with Crippen molar-refractivity contribution in [1.29, 1.82) is 0 Å². The smallest absolute Gasteiger partial charge is 0.209 e. The van der Waals surface area contributed by atoms with Gasteiger partial charge in [0, 0.05) is 0 Å². The van der Waals surface area contributed by atoms with E-state index >= 15 is 0 Å². The summed E-state index contributed by atoms with van der Waals surface area (Å²) < 4.78 is 5.76. The lowest BCUT2D eigenvalue weighted by Crippen LogP contribution is -1.97. The Labute approximate surface area is 108 Å². The van der Waals surface area contributed by atoms with Gasteiger partial charge in [-0.15, -0.1) is 0 Å². The van der Waals surface area contributed by atoms with E-state index in [0.29, 0.717) is 15.4 Å². The van der Waals surface area contributed by atoms with Crippen LogP contribution in [-0.2, 0) is 6.54 Å². The molecule has 0 aliphatic heterocycles. The Morgan fingerprint density at radius 3 is 3.00 bits per heavy atom. The number of aromatic nitrogens is 1. The maximum Gasteiger partial charge on any atom is 0.209 e. The second-order valence-corrected chi connectivity index (χ2v) is 5.08. The van der Waals surface area contributed by atoms with Crippen LogP contribution in [0.1, 0.15) is 24.0 Å². The van der Waals surface area contributed by atoms with Crippen LogP contribution in [0.15, 0.2) is 27.8 Å². The number of thiazole rings is 1. The fourth-order valence-electron chi connectivity index (χ4n) is 1.44. The number of hydrogen-bond acceptors (Lipinski definition) is 5. The van der Waals surface area contributed by atoms with Crippen LogP contribution in [0.3, 0.4) is 0 Å². The molecule has 2 aromatic heterocycles. The second-order valence-electron chi connectivity index (χ2n) is 3.39. The Bertz CT molecular complexity index is 567. The summed E-state index contributed by atoms with van der Waals surface area (Å²) in [6.07, 6.45) is 2.35. The van der Waals surface area contributed by atoms with Crippen LogP contribution in [0.5, 0.6) is 5.88 Å². The first-order valence-corrected chi connectivity index (χ1v) is 6.41. The van der Waals surface area contributed by atoms with E-state index in [1.165, 1.54) is 11.3 Å². The van der Waals surface area contributed by atoms with Crippen LogP contribution in [-0.4, -0.2) is 15.8 Å². The van der Waals surface area contributed by atoms with Crippen molar-refractivity contribution in [3.8, 4) is 5.88 Å². The molecule has 0 radical (unpaired) electrons. The highest BCUT2D eigenvalue weighted by Crippen LogP contribution is 2.23. The molecule has 0 atom stereocenters. The minimum atomic E-state index is 0.0973. The lowest BCUT2D eigenvalue weighted by Gasteiger charge is -2.00. The molecule has 17 heavy (non-hydrogen) atoms. The van der Waals surface area contributed by atoms with Crippen molar-refractivity contribution in [2.45, 2.75) is 19.9 Å². The molecule has 0 aliphatic rings. The van der Waals surface area contributed by atoms with Crippen LogP contribution in [0.4, 0.5) is 0 Å². The third-order valence-electron chi connectivity index (χ3n) is 2.23. The Morgan fingerprint density at radius 1 is 1.65 bits per heavy atom. The van der Waals surface area contributed by atoms with E-state index in [9.17, 15) is 5.11 Å². The minimum absolute atomic E-state index is 0.0973. The molecule has 2 heterocycles. The van der Waals surface area contributed by atoms with Crippen LogP contribution in [0.25, 0.3) is 0 Å². The predicted octanol–water partition coefficient (Wildman–Crippen LogP) is 3.50. The highest BCUT2D eigenvalue weighted by Gasteiger charge is 2.10. The van der Waals surface area contributed by atoms with Crippen molar-refractivity contribution in [3.63, 3.8) is 0 Å². The van der Waals surface area contributed by atoms with Crippen LogP contribution in [0, 0.1) is 3.95 Å². The average Bonchev–Trinajstić information content (AvgIpc) is 2.90. The van der Waals surface area contributed by atoms with Gasteiger partial charge in [0.25, 0.3) is 0 Å². The van der Waals surface area contributed by atoms with E-state index in [4.69, 9.17) is 16.6 Å². The van der Waals surface area contributed by atoms with Gasteiger partial charge in [0.05, 0.1) is 18.5 Å². The summed E-state index contributed by atoms with van der Waals surface area (Å²) in [5.41, 5.74) is 0.830. The first kappa shape index (κ1) is 12.1. The number of aliphatic imine (C=N–C) groups is 1. The van der Waals surface area contributed by atoms with Crippen LogP contribution < -0.4 is 0 Å². The highest BCUT2D eigenvalue weighted by molar-refractivity contribution is 7.73. The fraction of sp³-hybridized carbons (Fsp3) is 0.273. The van der Waals surface area contributed by atoms with Crippen LogP contribution in [0.2, 0.25) is 0 Å². The molecule has 0 fully saturated rings. The molecular formula is C11H12N2O2S2. The van der Waals surface area contributed by atoms with E-state index in [0.717, 1.165) is 17.9 Å². The predicted molar refractivity (Wildman–Crippen MR) is 70.4 cm³/mol. The van der Waals surface area contributed by atoms with E-state index in [1.54, 1.807) is 6.26 Å². The van der Waals surface area contributed by atoms with Crippen molar-refractivity contribution in [3.05, 3.63) is 33.0 Å². The molecule has 0 amide bonds. The molecule has 2 N–H and O–H groups in total. The van der Waals surface area contributed by atoms with Crippen molar-refractivity contribution in [1.82, 2.24) is 4.98 Å². The third kappa shape index (κ3) is 2.83. The van der Waals surface area contributed by atoms with E-state index in [-0.39, 0.29) is 5.88 Å².